The second-order valence-corrected chi connectivity index (χ2v) is 11.5. The molecule has 1 saturated heterocycles. The number of fused-ring (bicyclic) bond motifs is 7. The summed E-state index contributed by atoms with van der Waals surface area (Å²) >= 11 is 0. The van der Waals surface area contributed by atoms with Gasteiger partial charge in [0, 0.05) is 33.8 Å². The fourth-order valence-electron chi connectivity index (χ4n) is 6.69. The van der Waals surface area contributed by atoms with E-state index in [1.807, 2.05) is 6.07 Å². The summed E-state index contributed by atoms with van der Waals surface area (Å²) in [4.78, 5) is 0. The van der Waals surface area contributed by atoms with Crippen LogP contribution in [0, 0.1) is 0 Å². The van der Waals surface area contributed by atoms with Crippen LogP contribution in [0.15, 0.2) is 150 Å². The van der Waals surface area contributed by atoms with E-state index in [2.05, 4.69) is 160 Å². The number of aromatic nitrogens is 1. The maximum Gasteiger partial charge on any atom is 0.160 e. The van der Waals surface area contributed by atoms with Crippen molar-refractivity contribution in [1.29, 1.82) is 0 Å². The Hall–Kier alpha value is -5.20. The lowest BCUT2D eigenvalue weighted by Gasteiger charge is -2.21. The molecule has 5 nitrogen and oxygen atoms in total. The molecule has 0 spiro atoms. The maximum absolute atomic E-state index is 6.54. The van der Waals surface area contributed by atoms with Gasteiger partial charge in [-0.2, -0.15) is 5.01 Å². The molecule has 3 atom stereocenters. The Morgan fingerprint density at radius 3 is 2.14 bits per heavy atom. The van der Waals surface area contributed by atoms with Crippen LogP contribution in [0.5, 0.6) is 0 Å². The summed E-state index contributed by atoms with van der Waals surface area (Å²) in [6.45, 7) is 0.768. The normalized spacial score (nSPS) is 17.1. The van der Waals surface area contributed by atoms with Crippen molar-refractivity contribution in [3.05, 3.63) is 162 Å². The van der Waals surface area contributed by atoms with Gasteiger partial charge in [-0.25, -0.2) is 5.43 Å². The summed E-state index contributed by atoms with van der Waals surface area (Å²) in [7, 11) is 0. The van der Waals surface area contributed by atoms with Crippen molar-refractivity contribution in [2.24, 2.45) is 0 Å². The van der Waals surface area contributed by atoms with E-state index in [0.29, 0.717) is 0 Å². The van der Waals surface area contributed by atoms with Gasteiger partial charge in [-0.05, 0) is 47.0 Å². The molecule has 6 aromatic carbocycles. The topological polar surface area (TPSA) is 55.0 Å². The molecule has 5 heteroatoms. The fourth-order valence-corrected chi connectivity index (χ4v) is 6.69. The Labute approximate surface area is 254 Å². The number of hydrogen-bond acceptors (Lipinski definition) is 4. The van der Waals surface area contributed by atoms with Crippen LogP contribution < -0.4 is 10.7 Å². The van der Waals surface area contributed by atoms with Crippen LogP contribution in [0.4, 0.5) is 0 Å². The highest BCUT2D eigenvalue weighted by Crippen LogP contribution is 2.41. The largest absolute Gasteiger partial charge is 0.454 e. The molecule has 3 unspecified atom stereocenters. The number of nitrogens with zero attached hydrogens (tertiary/aromatic N) is 2. The average Bonchev–Trinajstić information content (AvgIpc) is 3.67. The van der Waals surface area contributed by atoms with Crippen molar-refractivity contribution in [1.82, 2.24) is 20.3 Å². The molecule has 212 valence electrons. The molecule has 0 saturated carbocycles. The Bertz CT molecular complexity index is 2270. The minimum atomic E-state index is -0.00491. The van der Waals surface area contributed by atoms with E-state index in [-0.39, 0.29) is 12.3 Å². The van der Waals surface area contributed by atoms with Crippen molar-refractivity contribution in [3.8, 4) is 5.69 Å². The molecule has 0 amide bonds. The quantitative estimate of drug-likeness (QED) is 0.188. The number of furan rings is 1. The minimum absolute atomic E-state index is 0.00491. The average molecular weight is 571 g/mol. The molecule has 8 aromatic rings. The van der Waals surface area contributed by atoms with Crippen LogP contribution in [0.2, 0.25) is 0 Å². The molecular weight excluding hydrogens is 540 g/mol. The molecule has 2 aromatic heterocycles. The molecular formula is C39H30N4O. The van der Waals surface area contributed by atoms with Gasteiger partial charge in [0.25, 0.3) is 0 Å². The minimum Gasteiger partial charge on any atom is -0.454 e. The Kier molecular flexibility index (Phi) is 5.87. The van der Waals surface area contributed by atoms with Gasteiger partial charge in [0.15, 0.2) is 5.58 Å². The van der Waals surface area contributed by atoms with Crippen LogP contribution in [-0.4, -0.2) is 9.58 Å². The molecule has 1 aliphatic rings. The summed E-state index contributed by atoms with van der Waals surface area (Å²) in [6, 6.07) is 51.5. The van der Waals surface area contributed by atoms with Gasteiger partial charge in [-0.3, -0.25) is 5.32 Å². The smallest absolute Gasteiger partial charge is 0.160 e. The van der Waals surface area contributed by atoms with Crippen LogP contribution in [0.1, 0.15) is 29.0 Å². The number of para-hydroxylation sites is 2. The molecule has 0 aliphatic carbocycles. The van der Waals surface area contributed by atoms with E-state index in [9.17, 15) is 0 Å². The first-order valence-electron chi connectivity index (χ1n) is 15.1. The van der Waals surface area contributed by atoms with Crippen molar-refractivity contribution < 1.29 is 4.42 Å². The van der Waals surface area contributed by atoms with Crippen LogP contribution in [-0.2, 0) is 6.54 Å². The van der Waals surface area contributed by atoms with E-state index >= 15 is 0 Å². The highest BCUT2D eigenvalue weighted by molar-refractivity contribution is 6.21. The van der Waals surface area contributed by atoms with E-state index in [1.165, 1.54) is 33.0 Å². The van der Waals surface area contributed by atoms with E-state index in [4.69, 9.17) is 4.42 Å². The highest BCUT2D eigenvalue weighted by atomic mass is 16.3. The molecule has 3 heterocycles. The summed E-state index contributed by atoms with van der Waals surface area (Å²) in [5, 5.41) is 10.8. The summed E-state index contributed by atoms with van der Waals surface area (Å²) in [5.74, 6) is 0. The third-order valence-corrected chi connectivity index (χ3v) is 8.86. The number of benzene rings is 6. The van der Waals surface area contributed by atoms with Crippen LogP contribution in [0.3, 0.4) is 0 Å². The summed E-state index contributed by atoms with van der Waals surface area (Å²) in [5.41, 5.74) is 12.5. The van der Waals surface area contributed by atoms with Crippen molar-refractivity contribution >= 4 is 43.7 Å². The van der Waals surface area contributed by atoms with Gasteiger partial charge in [-0.15, -0.1) is 0 Å². The Balaban J connectivity index is 1.15. The standard InChI is InChI=1S/C39H30N4O/c1-3-11-26(12-4-1)25-40-38(43-39(41-43)27-13-5-2-6-14-27)28-19-21-29(22-20-28)42-34-17-9-7-15-30(34)32-23-24-33-31-16-8-10-18-35(31)44-37(33)36(32)42/h1-24,38-41H,25H2. The Morgan fingerprint density at radius 1 is 0.636 bits per heavy atom. The number of hydrazine groups is 1. The molecule has 2 N–H and O–H groups in total. The second-order valence-electron chi connectivity index (χ2n) is 11.5. The lowest BCUT2D eigenvalue weighted by atomic mass is 10.1. The molecule has 0 radical (unpaired) electrons. The monoisotopic (exact) mass is 570 g/mol. The predicted molar refractivity (Wildman–Crippen MR) is 178 cm³/mol. The molecule has 1 fully saturated rings. The zero-order valence-electron chi connectivity index (χ0n) is 24.0. The van der Waals surface area contributed by atoms with Crippen molar-refractivity contribution in [3.63, 3.8) is 0 Å². The number of rotatable bonds is 7. The van der Waals surface area contributed by atoms with Gasteiger partial charge >= 0.3 is 0 Å². The van der Waals surface area contributed by atoms with Crippen LogP contribution >= 0.6 is 0 Å². The van der Waals surface area contributed by atoms with Gasteiger partial charge in [0.1, 0.15) is 17.9 Å². The van der Waals surface area contributed by atoms with Crippen molar-refractivity contribution in [2.75, 3.05) is 0 Å². The number of hydrogen-bond donors (Lipinski definition) is 2. The Morgan fingerprint density at radius 2 is 1.32 bits per heavy atom. The fraction of sp³-hybridized carbons (Fsp3) is 0.0769. The van der Waals surface area contributed by atoms with Gasteiger partial charge in [0.05, 0.1) is 11.0 Å². The van der Waals surface area contributed by atoms with Gasteiger partial charge in [-0.1, -0.05) is 115 Å². The highest BCUT2D eigenvalue weighted by Gasteiger charge is 2.41. The summed E-state index contributed by atoms with van der Waals surface area (Å²) < 4.78 is 8.90. The SMILES string of the molecule is c1ccc(CNC(c2ccc(-n3c4ccccc4c4ccc5c6ccccc6oc5c43)cc2)N2NC2c2ccccc2)cc1. The first kappa shape index (κ1) is 25.3. The van der Waals surface area contributed by atoms with Gasteiger partial charge in [0.2, 0.25) is 0 Å². The first-order valence-corrected chi connectivity index (χ1v) is 15.1. The lowest BCUT2D eigenvalue weighted by Crippen LogP contribution is -2.28. The van der Waals surface area contributed by atoms with Crippen LogP contribution in [0.25, 0.3) is 49.4 Å². The zero-order chi connectivity index (χ0) is 29.0. The zero-order valence-corrected chi connectivity index (χ0v) is 24.0. The van der Waals surface area contributed by atoms with E-state index in [0.717, 1.165) is 39.7 Å². The van der Waals surface area contributed by atoms with Crippen molar-refractivity contribution in [2.45, 2.75) is 18.9 Å². The second kappa shape index (κ2) is 10.2. The van der Waals surface area contributed by atoms with Gasteiger partial charge < -0.3 is 8.98 Å². The van der Waals surface area contributed by atoms with E-state index < -0.39 is 0 Å². The molecule has 9 rings (SSSR count). The van der Waals surface area contributed by atoms with E-state index in [1.54, 1.807) is 0 Å². The predicted octanol–water partition coefficient (Wildman–Crippen LogP) is 8.99. The molecule has 44 heavy (non-hydrogen) atoms. The lowest BCUT2D eigenvalue weighted by molar-refractivity contribution is 0.296. The third-order valence-electron chi connectivity index (χ3n) is 8.86. The molecule has 1 aliphatic heterocycles. The first-order chi connectivity index (χ1) is 21.8. The molecule has 0 bridgehead atoms. The summed E-state index contributed by atoms with van der Waals surface area (Å²) in [6.07, 6.45) is 0.164. The third kappa shape index (κ3) is 4.13. The number of nitrogens with one attached hydrogen (secondary N) is 2. The maximum atomic E-state index is 6.54.